The van der Waals surface area contributed by atoms with Crippen molar-refractivity contribution in [3.63, 3.8) is 0 Å². The molecule has 7 heteroatoms. The van der Waals surface area contributed by atoms with Crippen molar-refractivity contribution in [3.05, 3.63) is 53.7 Å². The summed E-state index contributed by atoms with van der Waals surface area (Å²) in [4.78, 5) is 34.6. The summed E-state index contributed by atoms with van der Waals surface area (Å²) in [5, 5.41) is 0. The van der Waals surface area contributed by atoms with Crippen molar-refractivity contribution < 1.29 is 19.1 Å². The summed E-state index contributed by atoms with van der Waals surface area (Å²) in [6, 6.07) is 10.7. The molecule has 0 N–H and O–H groups in total. The molecule has 0 saturated heterocycles. The number of fused-ring (bicyclic) bond motifs is 1. The van der Waals surface area contributed by atoms with Gasteiger partial charge in [-0.15, -0.1) is 0 Å². The molecule has 0 spiro atoms. The number of ether oxygens (including phenoxy) is 2. The minimum absolute atomic E-state index is 0.00843. The molecule has 1 aromatic heterocycles. The standard InChI is InChI=1S/C26H35N3O4/c1-5-28-14-8-9-15-29(25(30)20-12-13-27-24(17-20)32-4)21(16-19(2)3)18-33-23-11-7-6-10-22(23)26(28)31/h6-7,10-13,17,19,21H,5,8-9,14-16,18H2,1-4H3/t21-/m0/s1. The third-order valence-corrected chi connectivity index (χ3v) is 5.93. The Bertz CT molecular complexity index is 947. The number of nitrogens with zero attached hydrogens (tertiary/aromatic N) is 3. The van der Waals surface area contributed by atoms with Crippen molar-refractivity contribution in [1.82, 2.24) is 14.8 Å². The predicted molar refractivity (Wildman–Crippen MR) is 128 cm³/mol. The first-order chi connectivity index (χ1) is 15.9. The molecular weight excluding hydrogens is 418 g/mol. The molecule has 1 aromatic carbocycles. The SMILES string of the molecule is CCN1CCCCN(C(=O)c2ccnc(OC)c2)[C@@H](CC(C)C)COc2ccccc2C1=O. The first-order valence-corrected chi connectivity index (χ1v) is 11.8. The highest BCUT2D eigenvalue weighted by Crippen LogP contribution is 2.24. The van der Waals surface area contributed by atoms with E-state index >= 15 is 0 Å². The van der Waals surface area contributed by atoms with Gasteiger partial charge in [0.25, 0.3) is 11.8 Å². The van der Waals surface area contributed by atoms with E-state index in [9.17, 15) is 9.59 Å². The first kappa shape index (κ1) is 24.6. The summed E-state index contributed by atoms with van der Waals surface area (Å²) in [5.74, 6) is 1.29. The van der Waals surface area contributed by atoms with E-state index in [0.717, 1.165) is 19.3 Å². The third kappa shape index (κ3) is 6.24. The van der Waals surface area contributed by atoms with Gasteiger partial charge in [0.2, 0.25) is 5.88 Å². The topological polar surface area (TPSA) is 72.0 Å². The summed E-state index contributed by atoms with van der Waals surface area (Å²) in [6.07, 6.45) is 4.01. The highest BCUT2D eigenvalue weighted by molar-refractivity contribution is 5.97. The van der Waals surface area contributed by atoms with E-state index in [1.54, 1.807) is 25.4 Å². The Kier molecular flexibility index (Phi) is 8.69. The Hall–Kier alpha value is -3.09. The van der Waals surface area contributed by atoms with Gasteiger partial charge in [-0.3, -0.25) is 9.59 Å². The second kappa shape index (κ2) is 11.7. The van der Waals surface area contributed by atoms with Crippen molar-refractivity contribution in [3.8, 4) is 11.6 Å². The fourth-order valence-electron chi connectivity index (χ4n) is 4.21. The zero-order chi connectivity index (χ0) is 23.8. The van der Waals surface area contributed by atoms with Crippen LogP contribution in [0, 0.1) is 5.92 Å². The van der Waals surface area contributed by atoms with Gasteiger partial charge in [0, 0.05) is 37.5 Å². The van der Waals surface area contributed by atoms with Crippen LogP contribution in [0.5, 0.6) is 11.6 Å². The summed E-state index contributed by atoms with van der Waals surface area (Å²) in [7, 11) is 1.54. The number of rotatable bonds is 5. The lowest BCUT2D eigenvalue weighted by Crippen LogP contribution is -2.45. The van der Waals surface area contributed by atoms with E-state index < -0.39 is 0 Å². The number of amides is 2. The average Bonchev–Trinajstić information content (AvgIpc) is 2.83. The molecule has 0 aliphatic carbocycles. The normalized spacial score (nSPS) is 17.6. The number of para-hydroxylation sites is 1. The van der Waals surface area contributed by atoms with Crippen LogP contribution >= 0.6 is 0 Å². The lowest BCUT2D eigenvalue weighted by molar-refractivity contribution is 0.0555. The maximum Gasteiger partial charge on any atom is 0.257 e. The lowest BCUT2D eigenvalue weighted by Gasteiger charge is -2.34. The molecule has 2 amide bonds. The molecule has 0 bridgehead atoms. The van der Waals surface area contributed by atoms with Crippen LogP contribution in [0.25, 0.3) is 0 Å². The smallest absolute Gasteiger partial charge is 0.257 e. The van der Waals surface area contributed by atoms with Crippen LogP contribution < -0.4 is 9.47 Å². The van der Waals surface area contributed by atoms with Gasteiger partial charge in [-0.1, -0.05) is 26.0 Å². The van der Waals surface area contributed by atoms with Gasteiger partial charge >= 0.3 is 0 Å². The molecule has 33 heavy (non-hydrogen) atoms. The van der Waals surface area contributed by atoms with Crippen molar-refractivity contribution in [1.29, 1.82) is 0 Å². The second-order valence-corrected chi connectivity index (χ2v) is 8.77. The van der Waals surface area contributed by atoms with Crippen LogP contribution in [0.3, 0.4) is 0 Å². The molecule has 2 heterocycles. The number of aromatic nitrogens is 1. The summed E-state index contributed by atoms with van der Waals surface area (Å²) < 4.78 is 11.4. The zero-order valence-electron chi connectivity index (χ0n) is 20.1. The number of carbonyl (C=O) groups is 2. The highest BCUT2D eigenvalue weighted by Gasteiger charge is 2.28. The van der Waals surface area contributed by atoms with E-state index in [1.165, 1.54) is 0 Å². The van der Waals surface area contributed by atoms with Gasteiger partial charge < -0.3 is 19.3 Å². The maximum absolute atomic E-state index is 13.6. The second-order valence-electron chi connectivity index (χ2n) is 8.77. The number of hydrogen-bond donors (Lipinski definition) is 0. The van der Waals surface area contributed by atoms with Gasteiger partial charge in [0.05, 0.1) is 18.7 Å². The fourth-order valence-corrected chi connectivity index (χ4v) is 4.21. The molecule has 0 radical (unpaired) electrons. The van der Waals surface area contributed by atoms with E-state index in [-0.39, 0.29) is 17.9 Å². The molecule has 1 aliphatic heterocycles. The number of pyridine rings is 1. The van der Waals surface area contributed by atoms with E-state index in [2.05, 4.69) is 18.8 Å². The zero-order valence-corrected chi connectivity index (χ0v) is 20.1. The minimum atomic E-state index is -0.124. The Morgan fingerprint density at radius 2 is 1.97 bits per heavy atom. The van der Waals surface area contributed by atoms with Crippen LogP contribution in [-0.2, 0) is 0 Å². The average molecular weight is 454 g/mol. The van der Waals surface area contributed by atoms with Crippen LogP contribution in [0.2, 0.25) is 0 Å². The fraction of sp³-hybridized carbons (Fsp3) is 0.500. The number of carbonyl (C=O) groups excluding carboxylic acids is 2. The van der Waals surface area contributed by atoms with E-state index in [0.29, 0.717) is 54.9 Å². The van der Waals surface area contributed by atoms with Crippen LogP contribution in [-0.4, -0.2) is 66.0 Å². The Morgan fingerprint density at radius 3 is 2.70 bits per heavy atom. The quantitative estimate of drug-likeness (QED) is 0.676. The van der Waals surface area contributed by atoms with Gasteiger partial charge in [-0.05, 0) is 50.3 Å². The largest absolute Gasteiger partial charge is 0.491 e. The molecule has 7 nitrogen and oxygen atoms in total. The molecule has 178 valence electrons. The molecule has 3 rings (SSSR count). The van der Waals surface area contributed by atoms with Gasteiger partial charge in [-0.2, -0.15) is 0 Å². The first-order valence-electron chi connectivity index (χ1n) is 11.8. The highest BCUT2D eigenvalue weighted by atomic mass is 16.5. The molecular formula is C26H35N3O4. The maximum atomic E-state index is 13.6. The molecule has 2 aromatic rings. The Morgan fingerprint density at radius 1 is 1.21 bits per heavy atom. The summed E-state index contributed by atoms with van der Waals surface area (Å²) in [5.41, 5.74) is 1.12. The predicted octanol–water partition coefficient (Wildman–Crippen LogP) is 4.28. The molecule has 0 unspecified atom stereocenters. The third-order valence-electron chi connectivity index (χ3n) is 5.93. The number of methoxy groups -OCH3 is 1. The van der Waals surface area contributed by atoms with Gasteiger partial charge in [0.15, 0.2) is 0 Å². The van der Waals surface area contributed by atoms with Crippen LogP contribution in [0.4, 0.5) is 0 Å². The molecule has 1 atom stereocenters. The van der Waals surface area contributed by atoms with E-state index in [4.69, 9.17) is 9.47 Å². The minimum Gasteiger partial charge on any atom is -0.491 e. The van der Waals surface area contributed by atoms with Gasteiger partial charge in [0.1, 0.15) is 12.4 Å². The molecule has 1 aliphatic rings. The van der Waals surface area contributed by atoms with Crippen molar-refractivity contribution >= 4 is 11.8 Å². The van der Waals surface area contributed by atoms with Crippen molar-refractivity contribution in [2.75, 3.05) is 33.4 Å². The van der Waals surface area contributed by atoms with E-state index in [1.807, 2.05) is 41.0 Å². The lowest BCUT2D eigenvalue weighted by atomic mass is 10.0. The molecule has 0 saturated carbocycles. The Balaban J connectivity index is 1.95. The summed E-state index contributed by atoms with van der Waals surface area (Å²) >= 11 is 0. The van der Waals surface area contributed by atoms with Crippen molar-refractivity contribution in [2.24, 2.45) is 5.92 Å². The number of hydrogen-bond acceptors (Lipinski definition) is 5. The van der Waals surface area contributed by atoms with Crippen LogP contribution in [0.1, 0.15) is 60.7 Å². The van der Waals surface area contributed by atoms with Crippen molar-refractivity contribution in [2.45, 2.75) is 46.1 Å². The molecule has 0 fully saturated rings. The Labute approximate surface area is 196 Å². The summed E-state index contributed by atoms with van der Waals surface area (Å²) in [6.45, 7) is 8.46. The monoisotopic (exact) mass is 453 g/mol. The number of benzene rings is 1. The van der Waals surface area contributed by atoms with Crippen LogP contribution in [0.15, 0.2) is 42.6 Å². The van der Waals surface area contributed by atoms with Gasteiger partial charge in [-0.25, -0.2) is 4.98 Å².